The van der Waals surface area contributed by atoms with Crippen LogP contribution >= 0.6 is 0 Å². The number of aryl methyl sites for hydroxylation is 1. The van der Waals surface area contributed by atoms with Crippen LogP contribution in [0, 0.1) is 6.92 Å². The van der Waals surface area contributed by atoms with Crippen LogP contribution in [0.5, 0.6) is 5.75 Å². The summed E-state index contributed by atoms with van der Waals surface area (Å²) in [5.41, 5.74) is 7.42. The molecule has 6 heteroatoms. The number of carbonyl (C=O) groups excluding carboxylic acids is 2. The van der Waals surface area contributed by atoms with Gasteiger partial charge in [0.25, 0.3) is 5.91 Å². The van der Waals surface area contributed by atoms with Crippen molar-refractivity contribution in [1.82, 2.24) is 0 Å². The van der Waals surface area contributed by atoms with Crippen molar-refractivity contribution in [1.29, 1.82) is 0 Å². The van der Waals surface area contributed by atoms with Gasteiger partial charge in [0.1, 0.15) is 12.4 Å². The summed E-state index contributed by atoms with van der Waals surface area (Å²) in [7, 11) is 1.59. The molecule has 0 unspecified atom stereocenters. The molecule has 0 bridgehead atoms. The molecule has 0 aliphatic heterocycles. The Morgan fingerprint density at radius 3 is 2.62 bits per heavy atom. The number of rotatable bonds is 7. The van der Waals surface area contributed by atoms with Crippen molar-refractivity contribution in [2.24, 2.45) is 5.73 Å². The number of carbonyl (C=O) groups is 2. The van der Waals surface area contributed by atoms with E-state index in [0.717, 1.165) is 5.56 Å². The average Bonchev–Trinajstić information content (AvgIpc) is 2.57. The fraction of sp³-hybridized carbons (Fsp3) is 0.222. The molecule has 2 rings (SSSR count). The Labute approximate surface area is 140 Å². The van der Waals surface area contributed by atoms with E-state index in [9.17, 15) is 9.59 Å². The van der Waals surface area contributed by atoms with Crippen LogP contribution < -0.4 is 15.8 Å². The molecule has 0 spiro atoms. The van der Waals surface area contributed by atoms with E-state index >= 15 is 0 Å². The van der Waals surface area contributed by atoms with Crippen molar-refractivity contribution >= 4 is 17.5 Å². The zero-order valence-corrected chi connectivity index (χ0v) is 13.7. The Hall–Kier alpha value is -2.86. The van der Waals surface area contributed by atoms with Gasteiger partial charge in [-0.2, -0.15) is 0 Å². The highest BCUT2D eigenvalue weighted by Gasteiger charge is 2.10. The van der Waals surface area contributed by atoms with Crippen molar-refractivity contribution in [3.8, 4) is 5.75 Å². The number of methoxy groups -OCH3 is 1. The second-order valence-corrected chi connectivity index (χ2v) is 5.22. The molecule has 126 valence electrons. The second kappa shape index (κ2) is 8.12. The van der Waals surface area contributed by atoms with Crippen LogP contribution in [0.2, 0.25) is 0 Å². The van der Waals surface area contributed by atoms with Gasteiger partial charge in [-0.3, -0.25) is 9.59 Å². The van der Waals surface area contributed by atoms with E-state index in [4.69, 9.17) is 15.2 Å². The predicted octanol–water partition coefficient (Wildman–Crippen LogP) is 2.37. The van der Waals surface area contributed by atoms with Gasteiger partial charge in [-0.25, -0.2) is 0 Å². The summed E-state index contributed by atoms with van der Waals surface area (Å²) in [5, 5.41) is 2.75. The van der Waals surface area contributed by atoms with Gasteiger partial charge >= 0.3 is 0 Å². The first-order valence-corrected chi connectivity index (χ1v) is 7.45. The van der Waals surface area contributed by atoms with Gasteiger partial charge in [0, 0.05) is 23.9 Å². The first-order chi connectivity index (χ1) is 11.5. The molecule has 0 heterocycles. The Kier molecular flexibility index (Phi) is 5.92. The molecular weight excluding hydrogens is 308 g/mol. The molecule has 0 fully saturated rings. The van der Waals surface area contributed by atoms with Crippen LogP contribution in [-0.2, 0) is 4.74 Å². The molecule has 2 aromatic rings. The summed E-state index contributed by atoms with van der Waals surface area (Å²) in [6, 6.07) is 11.9. The van der Waals surface area contributed by atoms with Crippen molar-refractivity contribution in [3.63, 3.8) is 0 Å². The van der Waals surface area contributed by atoms with Crippen molar-refractivity contribution in [2.45, 2.75) is 6.92 Å². The monoisotopic (exact) mass is 328 g/mol. The van der Waals surface area contributed by atoms with Gasteiger partial charge in [0.05, 0.1) is 6.61 Å². The lowest BCUT2D eigenvalue weighted by Gasteiger charge is -2.10. The Morgan fingerprint density at radius 2 is 1.92 bits per heavy atom. The third kappa shape index (κ3) is 4.57. The van der Waals surface area contributed by atoms with Gasteiger partial charge in [0.15, 0.2) is 0 Å². The molecule has 0 aliphatic carbocycles. The highest BCUT2D eigenvalue weighted by molar-refractivity contribution is 6.05. The minimum absolute atomic E-state index is 0.300. The lowest BCUT2D eigenvalue weighted by molar-refractivity contribution is 0.0995. The summed E-state index contributed by atoms with van der Waals surface area (Å²) < 4.78 is 10.4. The highest BCUT2D eigenvalue weighted by atomic mass is 16.5. The van der Waals surface area contributed by atoms with E-state index in [-0.39, 0.29) is 5.91 Å². The van der Waals surface area contributed by atoms with Gasteiger partial charge in [0.2, 0.25) is 5.91 Å². The van der Waals surface area contributed by atoms with Crippen molar-refractivity contribution in [3.05, 3.63) is 59.2 Å². The molecule has 0 saturated carbocycles. The number of nitrogens with one attached hydrogen (secondary N) is 1. The molecule has 0 radical (unpaired) electrons. The zero-order valence-electron chi connectivity index (χ0n) is 13.7. The normalized spacial score (nSPS) is 10.2. The first kappa shape index (κ1) is 17.5. The molecular formula is C18H20N2O4. The summed E-state index contributed by atoms with van der Waals surface area (Å²) in [5.74, 6) is -0.245. The maximum Gasteiger partial charge on any atom is 0.255 e. The topological polar surface area (TPSA) is 90.7 Å². The van der Waals surface area contributed by atoms with Crippen LogP contribution in [-0.4, -0.2) is 32.1 Å². The predicted molar refractivity (Wildman–Crippen MR) is 91.5 cm³/mol. The summed E-state index contributed by atoms with van der Waals surface area (Å²) in [6.45, 7) is 2.66. The van der Waals surface area contributed by atoms with E-state index in [1.54, 1.807) is 56.5 Å². The van der Waals surface area contributed by atoms with Crippen LogP contribution in [0.3, 0.4) is 0 Å². The number of nitrogens with two attached hydrogens (primary N) is 1. The minimum Gasteiger partial charge on any atom is -0.491 e. The van der Waals surface area contributed by atoms with Crippen molar-refractivity contribution in [2.75, 3.05) is 25.6 Å². The molecule has 2 amide bonds. The van der Waals surface area contributed by atoms with Gasteiger partial charge in [-0.15, -0.1) is 0 Å². The fourth-order valence-electron chi connectivity index (χ4n) is 2.14. The number of primary amides is 1. The summed E-state index contributed by atoms with van der Waals surface area (Å²) >= 11 is 0. The Balaban J connectivity index is 2.11. The van der Waals surface area contributed by atoms with Gasteiger partial charge < -0.3 is 20.5 Å². The van der Waals surface area contributed by atoms with E-state index in [2.05, 4.69) is 5.32 Å². The third-order valence-electron chi connectivity index (χ3n) is 3.41. The van der Waals surface area contributed by atoms with E-state index in [1.807, 2.05) is 0 Å². The lowest BCUT2D eigenvalue weighted by Crippen LogP contribution is -2.15. The number of hydrogen-bond acceptors (Lipinski definition) is 4. The number of hydrogen-bond donors (Lipinski definition) is 2. The molecule has 0 atom stereocenters. The number of anilines is 1. The number of ether oxygens (including phenoxy) is 2. The molecule has 0 saturated heterocycles. The summed E-state index contributed by atoms with van der Waals surface area (Å²) in [4.78, 5) is 23.7. The Bertz CT molecular complexity index is 744. The SMILES string of the molecule is COCCOc1cccc(C(=O)Nc2ccc(C)c(C(N)=O)c2)c1. The van der Waals surface area contributed by atoms with E-state index in [0.29, 0.717) is 35.8 Å². The quantitative estimate of drug-likeness (QED) is 0.764. The summed E-state index contributed by atoms with van der Waals surface area (Å²) in [6.07, 6.45) is 0. The average molecular weight is 328 g/mol. The molecule has 0 aliphatic rings. The zero-order chi connectivity index (χ0) is 17.5. The maximum atomic E-state index is 12.4. The fourth-order valence-corrected chi connectivity index (χ4v) is 2.14. The smallest absolute Gasteiger partial charge is 0.255 e. The molecule has 3 N–H and O–H groups in total. The van der Waals surface area contributed by atoms with Crippen LogP contribution in [0.25, 0.3) is 0 Å². The maximum absolute atomic E-state index is 12.4. The van der Waals surface area contributed by atoms with Gasteiger partial charge in [-0.1, -0.05) is 12.1 Å². The Morgan fingerprint density at radius 1 is 1.12 bits per heavy atom. The van der Waals surface area contributed by atoms with Gasteiger partial charge in [-0.05, 0) is 42.8 Å². The number of amides is 2. The van der Waals surface area contributed by atoms with Crippen LogP contribution in [0.4, 0.5) is 5.69 Å². The lowest BCUT2D eigenvalue weighted by atomic mass is 10.1. The molecule has 2 aromatic carbocycles. The first-order valence-electron chi connectivity index (χ1n) is 7.45. The standard InChI is InChI=1S/C18H20N2O4/c1-12-6-7-14(11-16(12)17(19)21)20-18(22)13-4-3-5-15(10-13)24-9-8-23-2/h3-7,10-11H,8-9H2,1-2H3,(H2,19,21)(H,20,22). The molecule has 6 nitrogen and oxygen atoms in total. The van der Waals surface area contributed by atoms with E-state index < -0.39 is 5.91 Å². The van der Waals surface area contributed by atoms with Crippen LogP contribution in [0.15, 0.2) is 42.5 Å². The number of benzene rings is 2. The molecule has 24 heavy (non-hydrogen) atoms. The third-order valence-corrected chi connectivity index (χ3v) is 3.41. The highest BCUT2D eigenvalue weighted by Crippen LogP contribution is 2.18. The largest absolute Gasteiger partial charge is 0.491 e. The minimum atomic E-state index is -0.530. The van der Waals surface area contributed by atoms with E-state index in [1.165, 1.54) is 0 Å². The molecule has 0 aromatic heterocycles. The van der Waals surface area contributed by atoms with Crippen LogP contribution in [0.1, 0.15) is 26.3 Å². The van der Waals surface area contributed by atoms with Crippen molar-refractivity contribution < 1.29 is 19.1 Å². The second-order valence-electron chi connectivity index (χ2n) is 5.22.